The molecule has 3 heterocycles. The number of hydrogen-bond acceptors (Lipinski definition) is 9. The predicted molar refractivity (Wildman–Crippen MR) is 132 cm³/mol. The first kappa shape index (κ1) is 24.4. The molecule has 1 aliphatic rings. The van der Waals surface area contributed by atoms with E-state index >= 15 is 0 Å². The van der Waals surface area contributed by atoms with Crippen molar-refractivity contribution in [3.8, 4) is 0 Å². The fourth-order valence-electron chi connectivity index (χ4n) is 3.97. The van der Waals surface area contributed by atoms with E-state index in [9.17, 15) is 14.4 Å². The second kappa shape index (κ2) is 10.7. The number of ether oxygens (including phenoxy) is 2. The lowest BCUT2D eigenvalue weighted by molar-refractivity contribution is -0.151. The van der Waals surface area contributed by atoms with Gasteiger partial charge in [0.05, 0.1) is 17.9 Å². The highest BCUT2D eigenvalue weighted by Gasteiger charge is 2.29. The van der Waals surface area contributed by atoms with Crippen molar-refractivity contribution in [1.82, 2.24) is 14.9 Å². The Balaban J connectivity index is 1.32. The zero-order valence-electron chi connectivity index (χ0n) is 19.6. The Morgan fingerprint density at radius 2 is 1.86 bits per heavy atom. The first-order valence-electron chi connectivity index (χ1n) is 11.4. The molecule has 0 atom stereocenters. The topological polar surface area (TPSA) is 137 Å². The van der Waals surface area contributed by atoms with Gasteiger partial charge in [0, 0.05) is 18.8 Å². The number of fused-ring (bicyclic) bond motifs is 1. The Kier molecular flexibility index (Phi) is 7.45. The Morgan fingerprint density at radius 1 is 1.14 bits per heavy atom. The normalized spacial score (nSPS) is 14.1. The number of aryl methyl sites for hydroxylation is 1. The number of nitrogens with one attached hydrogen (secondary N) is 1. The second-order valence-electron chi connectivity index (χ2n) is 8.15. The molecule has 0 unspecified atom stereocenters. The van der Waals surface area contributed by atoms with Gasteiger partial charge in [0.1, 0.15) is 15.5 Å². The van der Waals surface area contributed by atoms with Crippen LogP contribution in [-0.4, -0.2) is 52.5 Å². The fraction of sp³-hybridized carbons (Fsp3) is 0.375. The van der Waals surface area contributed by atoms with E-state index < -0.39 is 5.97 Å². The first-order chi connectivity index (χ1) is 16.9. The zero-order valence-corrected chi connectivity index (χ0v) is 20.4. The van der Waals surface area contributed by atoms with E-state index in [4.69, 9.17) is 15.2 Å². The lowest BCUT2D eigenvalue weighted by Gasteiger charge is -2.30. The highest BCUT2D eigenvalue weighted by atomic mass is 32.1. The number of piperidine rings is 1. The van der Waals surface area contributed by atoms with E-state index in [1.165, 1.54) is 11.3 Å². The van der Waals surface area contributed by atoms with Gasteiger partial charge in [0.25, 0.3) is 0 Å². The largest absolute Gasteiger partial charge is 0.462 e. The highest BCUT2D eigenvalue weighted by molar-refractivity contribution is 7.20. The SMILES string of the molecule is CCOC(=O)c1sc2nc(COC(=O)C3CCN(C(=O)Nc4ccccc4)CC3)nc(N)c2c1C. The van der Waals surface area contributed by atoms with Crippen molar-refractivity contribution in [2.24, 2.45) is 5.92 Å². The van der Waals surface area contributed by atoms with E-state index in [1.807, 2.05) is 30.3 Å². The molecule has 0 saturated carbocycles. The van der Waals surface area contributed by atoms with E-state index in [0.717, 1.165) is 5.69 Å². The van der Waals surface area contributed by atoms with E-state index in [1.54, 1.807) is 18.7 Å². The third kappa shape index (κ3) is 5.51. The third-order valence-corrected chi connectivity index (χ3v) is 6.98. The van der Waals surface area contributed by atoms with Crippen LogP contribution >= 0.6 is 11.3 Å². The van der Waals surface area contributed by atoms with Gasteiger partial charge in [0.2, 0.25) is 0 Å². The minimum Gasteiger partial charge on any atom is -0.462 e. The quantitative estimate of drug-likeness (QED) is 0.491. The molecule has 0 aliphatic carbocycles. The average molecular weight is 498 g/mol. The summed E-state index contributed by atoms with van der Waals surface area (Å²) < 4.78 is 10.6. The molecule has 35 heavy (non-hydrogen) atoms. The number of rotatable bonds is 6. The summed E-state index contributed by atoms with van der Waals surface area (Å²) in [5.41, 5.74) is 7.51. The van der Waals surface area contributed by atoms with Gasteiger partial charge in [-0.2, -0.15) is 0 Å². The van der Waals surface area contributed by atoms with Crippen LogP contribution in [-0.2, 0) is 20.9 Å². The van der Waals surface area contributed by atoms with Gasteiger partial charge < -0.3 is 25.4 Å². The van der Waals surface area contributed by atoms with Crippen LogP contribution in [0.25, 0.3) is 10.2 Å². The van der Waals surface area contributed by atoms with Crippen LogP contribution < -0.4 is 11.1 Å². The molecule has 11 heteroatoms. The maximum Gasteiger partial charge on any atom is 0.348 e. The van der Waals surface area contributed by atoms with Crippen LogP contribution in [0.1, 0.15) is 40.8 Å². The third-order valence-electron chi connectivity index (χ3n) is 5.81. The predicted octanol–water partition coefficient (Wildman–Crippen LogP) is 3.75. The number of nitrogens with zero attached hydrogens (tertiary/aromatic N) is 3. The molecule has 4 rings (SSSR count). The Hall–Kier alpha value is -3.73. The number of urea groups is 1. The van der Waals surface area contributed by atoms with Crippen molar-refractivity contribution in [3.05, 3.63) is 46.6 Å². The van der Waals surface area contributed by atoms with Crippen molar-refractivity contribution < 1.29 is 23.9 Å². The van der Waals surface area contributed by atoms with Crippen LogP contribution in [0.5, 0.6) is 0 Å². The molecule has 3 N–H and O–H groups in total. The van der Waals surface area contributed by atoms with Gasteiger partial charge in [-0.25, -0.2) is 19.6 Å². The number of anilines is 2. The molecule has 2 amide bonds. The molecule has 1 fully saturated rings. The summed E-state index contributed by atoms with van der Waals surface area (Å²) in [5, 5.41) is 3.46. The molecule has 1 aliphatic heterocycles. The Bertz CT molecular complexity index is 1240. The number of carbonyl (C=O) groups excluding carboxylic acids is 3. The van der Waals surface area contributed by atoms with Crippen LogP contribution in [0, 0.1) is 12.8 Å². The molecule has 3 aromatic rings. The van der Waals surface area contributed by atoms with Gasteiger partial charge in [-0.05, 0) is 44.4 Å². The molecule has 184 valence electrons. The maximum atomic E-state index is 12.6. The summed E-state index contributed by atoms with van der Waals surface area (Å²) in [7, 11) is 0. The van der Waals surface area contributed by atoms with Crippen molar-refractivity contribution in [1.29, 1.82) is 0 Å². The molecule has 1 aromatic carbocycles. The summed E-state index contributed by atoms with van der Waals surface area (Å²) in [4.78, 5) is 48.6. The van der Waals surface area contributed by atoms with E-state index in [-0.39, 0.29) is 42.8 Å². The van der Waals surface area contributed by atoms with Gasteiger partial charge in [-0.15, -0.1) is 11.3 Å². The Labute approximate surface area is 206 Å². The number of nitrogens with two attached hydrogens (primary N) is 1. The minimum atomic E-state index is -0.427. The lowest BCUT2D eigenvalue weighted by Crippen LogP contribution is -2.42. The van der Waals surface area contributed by atoms with Gasteiger partial charge in [0.15, 0.2) is 12.4 Å². The minimum absolute atomic E-state index is 0.126. The summed E-state index contributed by atoms with van der Waals surface area (Å²) in [6.07, 6.45) is 1.02. The molecule has 1 saturated heterocycles. The highest BCUT2D eigenvalue weighted by Crippen LogP contribution is 2.33. The van der Waals surface area contributed by atoms with Crippen LogP contribution in [0.2, 0.25) is 0 Å². The number of likely N-dealkylation sites (tertiary alicyclic amines) is 1. The number of aromatic nitrogens is 2. The van der Waals surface area contributed by atoms with Crippen molar-refractivity contribution in [3.63, 3.8) is 0 Å². The molecule has 0 bridgehead atoms. The Morgan fingerprint density at radius 3 is 2.54 bits per heavy atom. The van der Waals surface area contributed by atoms with Crippen molar-refractivity contribution in [2.45, 2.75) is 33.3 Å². The number of amides is 2. The molecule has 2 aromatic heterocycles. The monoisotopic (exact) mass is 497 g/mol. The smallest absolute Gasteiger partial charge is 0.348 e. The molecule has 0 radical (unpaired) electrons. The van der Waals surface area contributed by atoms with Gasteiger partial charge >= 0.3 is 18.0 Å². The number of carbonyl (C=O) groups is 3. The van der Waals surface area contributed by atoms with Gasteiger partial charge in [-0.3, -0.25) is 4.79 Å². The van der Waals surface area contributed by atoms with Crippen LogP contribution in [0.15, 0.2) is 30.3 Å². The van der Waals surface area contributed by atoms with Crippen molar-refractivity contribution >= 4 is 51.0 Å². The number of nitrogen functional groups attached to an aromatic ring is 1. The van der Waals surface area contributed by atoms with Crippen LogP contribution in [0.4, 0.5) is 16.3 Å². The van der Waals surface area contributed by atoms with Crippen LogP contribution in [0.3, 0.4) is 0 Å². The summed E-state index contributed by atoms with van der Waals surface area (Å²) in [6, 6.07) is 9.05. The average Bonchev–Trinajstić information content (AvgIpc) is 3.20. The van der Waals surface area contributed by atoms with E-state index in [2.05, 4.69) is 15.3 Å². The standard InChI is InChI=1S/C24H27N5O5S/c1-3-33-23(31)19-14(2)18-20(25)27-17(28-21(18)35-19)13-34-22(30)15-9-11-29(12-10-15)24(32)26-16-7-5-4-6-8-16/h4-8,15H,3,9-13H2,1-2H3,(H,26,32)(H2,25,27,28). The number of para-hydroxylation sites is 1. The van der Waals surface area contributed by atoms with Crippen molar-refractivity contribution in [2.75, 3.05) is 30.7 Å². The molecule has 0 spiro atoms. The second-order valence-corrected chi connectivity index (χ2v) is 9.15. The summed E-state index contributed by atoms with van der Waals surface area (Å²) >= 11 is 1.18. The summed E-state index contributed by atoms with van der Waals surface area (Å²) in [6.45, 7) is 4.57. The summed E-state index contributed by atoms with van der Waals surface area (Å²) in [5.74, 6) is -0.604. The first-order valence-corrected chi connectivity index (χ1v) is 12.2. The number of esters is 2. The van der Waals surface area contributed by atoms with Gasteiger partial charge in [-0.1, -0.05) is 18.2 Å². The molecule has 10 nitrogen and oxygen atoms in total. The number of benzene rings is 1. The number of hydrogen-bond donors (Lipinski definition) is 2. The van der Waals surface area contributed by atoms with E-state index in [0.29, 0.717) is 46.6 Å². The molecular weight excluding hydrogens is 470 g/mol. The maximum absolute atomic E-state index is 12.6. The molecular formula is C24H27N5O5S. The fourth-order valence-corrected chi connectivity index (χ4v) is 5.07. The number of thiophene rings is 1. The zero-order chi connectivity index (χ0) is 24.9. The lowest BCUT2D eigenvalue weighted by atomic mass is 9.97.